The van der Waals surface area contributed by atoms with Gasteiger partial charge in [0.15, 0.2) is 0 Å². The SMILES string of the molecule is CC(OC(CN)c1ccc(Cl)s1)c1ccccc1. The molecule has 0 bridgehead atoms. The molecular weight excluding hydrogens is 266 g/mol. The van der Waals surface area contributed by atoms with Crippen molar-refractivity contribution in [1.29, 1.82) is 0 Å². The molecular formula is C14H16ClNOS. The normalized spacial score (nSPS) is 14.4. The molecule has 18 heavy (non-hydrogen) atoms. The Kier molecular flexibility index (Phi) is 4.78. The number of rotatable bonds is 5. The van der Waals surface area contributed by atoms with E-state index in [-0.39, 0.29) is 12.2 Å². The van der Waals surface area contributed by atoms with Gasteiger partial charge >= 0.3 is 0 Å². The van der Waals surface area contributed by atoms with Crippen LogP contribution in [0.3, 0.4) is 0 Å². The minimum atomic E-state index is -0.0993. The van der Waals surface area contributed by atoms with Crippen LogP contribution in [-0.2, 0) is 4.74 Å². The van der Waals surface area contributed by atoms with E-state index in [1.807, 2.05) is 37.3 Å². The Morgan fingerprint density at radius 3 is 2.50 bits per heavy atom. The summed E-state index contributed by atoms with van der Waals surface area (Å²) in [6.45, 7) is 2.49. The third-order valence-electron chi connectivity index (χ3n) is 2.76. The molecule has 0 saturated carbocycles. The van der Waals surface area contributed by atoms with Crippen molar-refractivity contribution >= 4 is 22.9 Å². The van der Waals surface area contributed by atoms with Crippen LogP contribution in [-0.4, -0.2) is 6.54 Å². The first-order valence-electron chi connectivity index (χ1n) is 5.86. The van der Waals surface area contributed by atoms with Gasteiger partial charge in [-0.2, -0.15) is 0 Å². The molecule has 1 aromatic heterocycles. The molecule has 4 heteroatoms. The van der Waals surface area contributed by atoms with Gasteiger partial charge in [0.05, 0.1) is 10.4 Å². The van der Waals surface area contributed by atoms with Crippen LogP contribution >= 0.6 is 22.9 Å². The van der Waals surface area contributed by atoms with Crippen molar-refractivity contribution in [2.45, 2.75) is 19.1 Å². The first kappa shape index (κ1) is 13.6. The first-order chi connectivity index (χ1) is 8.70. The minimum absolute atomic E-state index is 0.0145. The fraction of sp³-hybridized carbons (Fsp3) is 0.286. The summed E-state index contributed by atoms with van der Waals surface area (Å²) in [5.41, 5.74) is 6.93. The Balaban J connectivity index is 2.07. The fourth-order valence-electron chi connectivity index (χ4n) is 1.79. The highest BCUT2D eigenvalue weighted by Crippen LogP contribution is 2.32. The van der Waals surface area contributed by atoms with E-state index in [2.05, 4.69) is 12.1 Å². The van der Waals surface area contributed by atoms with Crippen LogP contribution in [0.1, 0.15) is 29.6 Å². The summed E-state index contributed by atoms with van der Waals surface area (Å²) in [6.07, 6.45) is -0.0849. The summed E-state index contributed by atoms with van der Waals surface area (Å²) in [7, 11) is 0. The largest absolute Gasteiger partial charge is 0.364 e. The number of hydrogen-bond acceptors (Lipinski definition) is 3. The molecule has 2 rings (SSSR count). The Labute approximate surface area is 116 Å². The van der Waals surface area contributed by atoms with E-state index in [1.165, 1.54) is 11.3 Å². The standard InChI is InChI=1S/C14H16ClNOS/c1-10(11-5-3-2-4-6-11)17-12(9-16)13-7-8-14(15)18-13/h2-8,10,12H,9,16H2,1H3. The van der Waals surface area contributed by atoms with E-state index in [9.17, 15) is 0 Å². The summed E-state index contributed by atoms with van der Waals surface area (Å²) < 4.78 is 6.78. The minimum Gasteiger partial charge on any atom is -0.364 e. The highest BCUT2D eigenvalue weighted by atomic mass is 35.5. The lowest BCUT2D eigenvalue weighted by atomic mass is 10.1. The number of benzene rings is 1. The van der Waals surface area contributed by atoms with Crippen molar-refractivity contribution in [3.05, 3.63) is 57.2 Å². The van der Waals surface area contributed by atoms with Crippen LogP contribution < -0.4 is 5.73 Å². The van der Waals surface area contributed by atoms with Crippen molar-refractivity contribution < 1.29 is 4.74 Å². The number of ether oxygens (including phenoxy) is 1. The van der Waals surface area contributed by atoms with Crippen LogP contribution in [0.25, 0.3) is 0 Å². The Morgan fingerprint density at radius 2 is 1.94 bits per heavy atom. The van der Waals surface area contributed by atoms with Gasteiger partial charge in [-0.05, 0) is 24.6 Å². The lowest BCUT2D eigenvalue weighted by Crippen LogP contribution is -2.16. The van der Waals surface area contributed by atoms with Crippen molar-refractivity contribution in [2.24, 2.45) is 5.73 Å². The van der Waals surface area contributed by atoms with E-state index in [0.29, 0.717) is 6.54 Å². The van der Waals surface area contributed by atoms with Gasteiger partial charge < -0.3 is 10.5 Å². The van der Waals surface area contributed by atoms with Gasteiger partial charge in [0, 0.05) is 11.4 Å². The van der Waals surface area contributed by atoms with E-state index in [1.54, 1.807) is 0 Å². The second-order valence-corrected chi connectivity index (χ2v) is 5.80. The highest BCUT2D eigenvalue weighted by Gasteiger charge is 2.17. The van der Waals surface area contributed by atoms with Crippen LogP contribution in [0.4, 0.5) is 0 Å². The zero-order chi connectivity index (χ0) is 13.0. The summed E-state index contributed by atoms with van der Waals surface area (Å²) in [6, 6.07) is 14.0. The number of hydrogen-bond donors (Lipinski definition) is 1. The number of halogens is 1. The zero-order valence-corrected chi connectivity index (χ0v) is 11.7. The van der Waals surface area contributed by atoms with Gasteiger partial charge in [0.2, 0.25) is 0 Å². The maximum absolute atomic E-state index is 6.01. The smallest absolute Gasteiger partial charge is 0.105 e. The van der Waals surface area contributed by atoms with E-state index in [0.717, 1.165) is 14.8 Å². The van der Waals surface area contributed by atoms with Crippen molar-refractivity contribution in [3.8, 4) is 0 Å². The molecule has 0 spiro atoms. The zero-order valence-electron chi connectivity index (χ0n) is 10.2. The molecule has 2 unspecified atom stereocenters. The molecule has 1 aromatic carbocycles. The summed E-state index contributed by atoms with van der Waals surface area (Å²) in [5.74, 6) is 0. The molecule has 0 saturated heterocycles. The molecule has 0 aliphatic heterocycles. The molecule has 0 aliphatic rings. The first-order valence-corrected chi connectivity index (χ1v) is 7.06. The monoisotopic (exact) mass is 281 g/mol. The van der Waals surface area contributed by atoms with Crippen molar-refractivity contribution in [1.82, 2.24) is 0 Å². The molecule has 96 valence electrons. The predicted molar refractivity (Wildman–Crippen MR) is 77.1 cm³/mol. The fourth-order valence-corrected chi connectivity index (χ4v) is 2.90. The van der Waals surface area contributed by atoms with Gasteiger partial charge in [-0.3, -0.25) is 0 Å². The van der Waals surface area contributed by atoms with E-state index in [4.69, 9.17) is 22.1 Å². The van der Waals surface area contributed by atoms with Crippen LogP contribution in [0.5, 0.6) is 0 Å². The molecule has 0 radical (unpaired) electrons. The highest BCUT2D eigenvalue weighted by molar-refractivity contribution is 7.16. The van der Waals surface area contributed by atoms with Crippen molar-refractivity contribution in [3.63, 3.8) is 0 Å². The Hall–Kier alpha value is -0.870. The average Bonchev–Trinajstić information content (AvgIpc) is 2.83. The quantitative estimate of drug-likeness (QED) is 0.892. The second-order valence-electron chi connectivity index (χ2n) is 4.06. The maximum atomic E-state index is 6.01. The topological polar surface area (TPSA) is 35.2 Å². The van der Waals surface area contributed by atoms with E-state index >= 15 is 0 Å². The number of thiophene rings is 1. The Morgan fingerprint density at radius 1 is 1.22 bits per heavy atom. The number of nitrogens with two attached hydrogens (primary N) is 1. The second kappa shape index (κ2) is 6.34. The summed E-state index contributed by atoms with van der Waals surface area (Å²) >= 11 is 7.46. The maximum Gasteiger partial charge on any atom is 0.105 e. The van der Waals surface area contributed by atoms with Crippen LogP contribution in [0, 0.1) is 0 Å². The third kappa shape index (κ3) is 3.33. The van der Waals surface area contributed by atoms with Gasteiger partial charge in [-0.15, -0.1) is 11.3 Å². The lowest BCUT2D eigenvalue weighted by Gasteiger charge is -2.20. The average molecular weight is 282 g/mol. The molecule has 2 aromatic rings. The Bertz CT molecular complexity index is 486. The molecule has 2 N–H and O–H groups in total. The lowest BCUT2D eigenvalue weighted by molar-refractivity contribution is 0.00220. The molecule has 1 heterocycles. The third-order valence-corrected chi connectivity index (χ3v) is 4.09. The summed E-state index contributed by atoms with van der Waals surface area (Å²) in [5, 5.41) is 0. The predicted octanol–water partition coefficient (Wildman–Crippen LogP) is 4.18. The van der Waals surface area contributed by atoms with Gasteiger partial charge in [0.25, 0.3) is 0 Å². The van der Waals surface area contributed by atoms with E-state index < -0.39 is 0 Å². The summed E-state index contributed by atoms with van der Waals surface area (Å²) in [4.78, 5) is 1.07. The van der Waals surface area contributed by atoms with Crippen molar-refractivity contribution in [2.75, 3.05) is 6.54 Å². The molecule has 0 amide bonds. The van der Waals surface area contributed by atoms with Gasteiger partial charge in [-0.1, -0.05) is 41.9 Å². The van der Waals surface area contributed by atoms with Gasteiger partial charge in [0.1, 0.15) is 6.10 Å². The molecule has 2 atom stereocenters. The van der Waals surface area contributed by atoms with Crippen LogP contribution in [0.15, 0.2) is 42.5 Å². The van der Waals surface area contributed by atoms with Gasteiger partial charge in [-0.25, -0.2) is 0 Å². The molecule has 0 fully saturated rings. The van der Waals surface area contributed by atoms with Crippen LogP contribution in [0.2, 0.25) is 4.34 Å². The molecule has 0 aliphatic carbocycles. The molecule has 2 nitrogen and oxygen atoms in total.